The molecule has 0 heterocycles. The van der Waals surface area contributed by atoms with Gasteiger partial charge in [-0.05, 0) is 20.4 Å². The van der Waals surface area contributed by atoms with Gasteiger partial charge in [-0.15, -0.1) is 0 Å². The highest BCUT2D eigenvalue weighted by Crippen LogP contribution is 1.84. The van der Waals surface area contributed by atoms with Crippen LogP contribution < -0.4 is 16.0 Å². The Bertz CT molecular complexity index is 207. The molecule has 1 atom stereocenters. The molecule has 0 saturated carbocycles. The maximum absolute atomic E-state index is 11.2. The lowest BCUT2D eigenvalue weighted by atomic mass is 10.3. The molecule has 0 aliphatic heterocycles. The van der Waals surface area contributed by atoms with Crippen molar-refractivity contribution < 1.29 is 9.59 Å². The van der Waals surface area contributed by atoms with Crippen molar-refractivity contribution in [2.45, 2.75) is 32.7 Å². The van der Waals surface area contributed by atoms with Crippen LogP contribution in [0.1, 0.15) is 26.7 Å². The van der Waals surface area contributed by atoms with E-state index in [9.17, 15) is 9.59 Å². The normalized spacial score (nSPS) is 11.9. The minimum atomic E-state index is -0.151. The van der Waals surface area contributed by atoms with Gasteiger partial charge in [0.15, 0.2) is 0 Å². The average Bonchev–Trinajstić information content (AvgIpc) is 2.23. The third-order valence-corrected chi connectivity index (χ3v) is 2.02. The second kappa shape index (κ2) is 8.23. The molecule has 0 spiro atoms. The first-order valence-electron chi connectivity index (χ1n) is 5.30. The van der Waals surface area contributed by atoms with E-state index < -0.39 is 0 Å². The minimum Gasteiger partial charge on any atom is -0.353 e. The quantitative estimate of drug-likeness (QED) is 0.542. The van der Waals surface area contributed by atoms with Crippen molar-refractivity contribution in [2.75, 3.05) is 20.1 Å². The smallest absolute Gasteiger partial charge is 0.239 e. The van der Waals surface area contributed by atoms with E-state index in [2.05, 4.69) is 16.0 Å². The van der Waals surface area contributed by atoms with Gasteiger partial charge in [-0.2, -0.15) is 0 Å². The molecule has 0 aliphatic rings. The Morgan fingerprint density at radius 3 is 2.40 bits per heavy atom. The van der Waals surface area contributed by atoms with Gasteiger partial charge in [-0.1, -0.05) is 6.92 Å². The SMILES string of the molecule is CCCC(=O)NCC(=O)NCC(C)NC. The fourth-order valence-electron chi connectivity index (χ4n) is 0.926. The van der Waals surface area contributed by atoms with E-state index in [0.717, 1.165) is 6.42 Å². The van der Waals surface area contributed by atoms with Gasteiger partial charge in [0.2, 0.25) is 11.8 Å². The van der Waals surface area contributed by atoms with Gasteiger partial charge >= 0.3 is 0 Å². The number of carbonyl (C=O) groups excluding carboxylic acids is 2. The van der Waals surface area contributed by atoms with E-state index in [0.29, 0.717) is 13.0 Å². The highest BCUT2D eigenvalue weighted by Gasteiger charge is 2.05. The maximum Gasteiger partial charge on any atom is 0.239 e. The summed E-state index contributed by atoms with van der Waals surface area (Å²) >= 11 is 0. The van der Waals surface area contributed by atoms with Crippen molar-refractivity contribution in [2.24, 2.45) is 0 Å². The van der Waals surface area contributed by atoms with Crippen LogP contribution >= 0.6 is 0 Å². The largest absolute Gasteiger partial charge is 0.353 e. The standard InChI is InChI=1S/C10H21N3O2/c1-4-5-9(14)13-7-10(15)12-6-8(2)11-3/h8,11H,4-7H2,1-3H3,(H,12,15)(H,13,14). The molecule has 0 fully saturated rings. The van der Waals surface area contributed by atoms with Crippen molar-refractivity contribution in [1.82, 2.24) is 16.0 Å². The first kappa shape index (κ1) is 13.9. The van der Waals surface area contributed by atoms with E-state index in [1.54, 1.807) is 0 Å². The molecular formula is C10H21N3O2. The number of rotatable bonds is 7. The number of amides is 2. The molecule has 0 aromatic rings. The lowest BCUT2D eigenvalue weighted by molar-refractivity contribution is -0.126. The van der Waals surface area contributed by atoms with E-state index in [-0.39, 0.29) is 24.4 Å². The molecular weight excluding hydrogens is 194 g/mol. The highest BCUT2D eigenvalue weighted by atomic mass is 16.2. The molecule has 0 saturated heterocycles. The molecule has 1 unspecified atom stereocenters. The molecule has 0 radical (unpaired) electrons. The van der Waals surface area contributed by atoms with Crippen molar-refractivity contribution in [3.63, 3.8) is 0 Å². The lowest BCUT2D eigenvalue weighted by Gasteiger charge is -2.11. The molecule has 0 aromatic carbocycles. The van der Waals surface area contributed by atoms with Crippen LogP contribution in [0.4, 0.5) is 0 Å². The molecule has 5 heteroatoms. The van der Waals surface area contributed by atoms with Crippen LogP contribution in [0.5, 0.6) is 0 Å². The van der Waals surface area contributed by atoms with E-state index >= 15 is 0 Å². The Hall–Kier alpha value is -1.10. The average molecular weight is 215 g/mol. The first-order chi connectivity index (χ1) is 7.10. The zero-order valence-corrected chi connectivity index (χ0v) is 9.72. The van der Waals surface area contributed by atoms with Crippen LogP contribution in [0, 0.1) is 0 Å². The summed E-state index contributed by atoms with van der Waals surface area (Å²) in [6.45, 7) is 4.53. The molecule has 88 valence electrons. The van der Waals surface area contributed by atoms with Crippen molar-refractivity contribution in [3.8, 4) is 0 Å². The van der Waals surface area contributed by atoms with Crippen molar-refractivity contribution in [1.29, 1.82) is 0 Å². The Labute approximate surface area is 91.0 Å². The minimum absolute atomic E-state index is 0.0647. The molecule has 0 aliphatic carbocycles. The van der Waals surface area contributed by atoms with Crippen LogP contribution in [0.2, 0.25) is 0 Å². The molecule has 2 amide bonds. The molecule has 0 aromatic heterocycles. The number of nitrogens with one attached hydrogen (secondary N) is 3. The summed E-state index contributed by atoms with van der Waals surface area (Å²) < 4.78 is 0. The van der Waals surface area contributed by atoms with Crippen LogP contribution in [0.15, 0.2) is 0 Å². The predicted molar refractivity (Wildman–Crippen MR) is 59.4 cm³/mol. The lowest BCUT2D eigenvalue weighted by Crippen LogP contribution is -2.42. The topological polar surface area (TPSA) is 70.2 Å². The summed E-state index contributed by atoms with van der Waals surface area (Å²) in [5.41, 5.74) is 0. The molecule has 3 N–H and O–H groups in total. The number of likely N-dealkylation sites (N-methyl/N-ethyl adjacent to an activating group) is 1. The summed E-state index contributed by atoms with van der Waals surface area (Å²) in [7, 11) is 1.83. The Kier molecular flexibility index (Phi) is 7.62. The van der Waals surface area contributed by atoms with E-state index in [1.807, 2.05) is 20.9 Å². The number of carbonyl (C=O) groups is 2. The highest BCUT2D eigenvalue weighted by molar-refractivity contribution is 5.84. The maximum atomic E-state index is 11.2. The second-order valence-electron chi connectivity index (χ2n) is 3.52. The summed E-state index contributed by atoms with van der Waals surface area (Å²) in [6.07, 6.45) is 1.27. The van der Waals surface area contributed by atoms with Gasteiger partial charge in [-0.3, -0.25) is 9.59 Å². The van der Waals surface area contributed by atoms with E-state index in [4.69, 9.17) is 0 Å². The summed E-state index contributed by atoms with van der Waals surface area (Å²) in [5.74, 6) is -0.226. The second-order valence-corrected chi connectivity index (χ2v) is 3.52. The molecule has 15 heavy (non-hydrogen) atoms. The zero-order valence-electron chi connectivity index (χ0n) is 9.72. The Balaban J connectivity index is 3.53. The van der Waals surface area contributed by atoms with Crippen LogP contribution in [0.3, 0.4) is 0 Å². The Morgan fingerprint density at radius 1 is 1.20 bits per heavy atom. The van der Waals surface area contributed by atoms with Crippen molar-refractivity contribution in [3.05, 3.63) is 0 Å². The number of hydrogen-bond donors (Lipinski definition) is 3. The van der Waals surface area contributed by atoms with Crippen LogP contribution in [-0.2, 0) is 9.59 Å². The Morgan fingerprint density at radius 2 is 1.87 bits per heavy atom. The fraction of sp³-hybridized carbons (Fsp3) is 0.800. The number of hydrogen-bond acceptors (Lipinski definition) is 3. The van der Waals surface area contributed by atoms with Crippen LogP contribution in [-0.4, -0.2) is 38.0 Å². The monoisotopic (exact) mass is 215 g/mol. The molecule has 5 nitrogen and oxygen atoms in total. The fourth-order valence-corrected chi connectivity index (χ4v) is 0.926. The third kappa shape index (κ3) is 7.93. The summed E-state index contributed by atoms with van der Waals surface area (Å²) in [5, 5.41) is 8.27. The van der Waals surface area contributed by atoms with Gasteiger partial charge in [0.25, 0.3) is 0 Å². The van der Waals surface area contributed by atoms with Crippen LogP contribution in [0.25, 0.3) is 0 Å². The third-order valence-electron chi connectivity index (χ3n) is 2.02. The molecule has 0 rings (SSSR count). The van der Waals surface area contributed by atoms with Gasteiger partial charge in [-0.25, -0.2) is 0 Å². The zero-order chi connectivity index (χ0) is 11.7. The van der Waals surface area contributed by atoms with Gasteiger partial charge in [0.1, 0.15) is 0 Å². The summed E-state index contributed by atoms with van der Waals surface area (Å²) in [4.78, 5) is 22.3. The van der Waals surface area contributed by atoms with Gasteiger partial charge in [0.05, 0.1) is 6.54 Å². The van der Waals surface area contributed by atoms with E-state index in [1.165, 1.54) is 0 Å². The van der Waals surface area contributed by atoms with Crippen molar-refractivity contribution >= 4 is 11.8 Å². The first-order valence-corrected chi connectivity index (χ1v) is 5.30. The van der Waals surface area contributed by atoms with Gasteiger partial charge in [0, 0.05) is 19.0 Å². The molecule has 0 bridgehead atoms. The summed E-state index contributed by atoms with van der Waals surface area (Å²) in [6, 6.07) is 0.236. The van der Waals surface area contributed by atoms with Gasteiger partial charge < -0.3 is 16.0 Å². The predicted octanol–water partition coefficient (Wildman–Crippen LogP) is -0.373.